The average molecular weight is 281 g/mol. The molecule has 0 saturated heterocycles. The number of nitrogen functional groups attached to an aromatic ring is 1. The van der Waals surface area contributed by atoms with Crippen molar-refractivity contribution in [3.05, 3.63) is 23.5 Å². The first-order chi connectivity index (χ1) is 9.46. The summed E-state index contributed by atoms with van der Waals surface area (Å²) in [7, 11) is 1.23. The van der Waals surface area contributed by atoms with Gasteiger partial charge in [-0.05, 0) is 24.3 Å². The summed E-state index contributed by atoms with van der Waals surface area (Å²) >= 11 is 0. The van der Waals surface area contributed by atoms with E-state index < -0.39 is 12.0 Å². The normalized spacial score (nSPS) is 17.6. The molecule has 1 saturated carbocycles. The van der Waals surface area contributed by atoms with E-state index in [1.165, 1.54) is 25.7 Å². The van der Waals surface area contributed by atoms with E-state index in [4.69, 9.17) is 10.5 Å². The second kappa shape index (κ2) is 5.69. The lowest BCUT2D eigenvalue weighted by atomic mass is 9.70. The van der Waals surface area contributed by atoms with Crippen LogP contribution >= 0.6 is 0 Å². The maximum Gasteiger partial charge on any atom is 0.513 e. The smallest absolute Gasteiger partial charge is 0.437 e. The van der Waals surface area contributed by atoms with Crippen molar-refractivity contribution in [1.82, 2.24) is 0 Å². The maximum atomic E-state index is 13.8. The summed E-state index contributed by atoms with van der Waals surface area (Å²) < 4.78 is 23.5. The summed E-state index contributed by atoms with van der Waals surface area (Å²) in [4.78, 5) is 11.3. The number of nitrogens with two attached hydrogens (primary N) is 1. The number of carbonyl (C=O) groups excluding carboxylic acids is 1. The van der Waals surface area contributed by atoms with Crippen LogP contribution in [0.1, 0.15) is 44.6 Å². The monoisotopic (exact) mass is 281 g/mol. The van der Waals surface area contributed by atoms with Crippen LogP contribution in [0, 0.1) is 5.82 Å². The molecule has 0 aromatic heterocycles. The van der Waals surface area contributed by atoms with E-state index in [0.29, 0.717) is 11.3 Å². The van der Waals surface area contributed by atoms with Gasteiger partial charge in [-0.15, -0.1) is 0 Å². The van der Waals surface area contributed by atoms with Gasteiger partial charge in [-0.1, -0.05) is 26.2 Å². The van der Waals surface area contributed by atoms with Gasteiger partial charge in [-0.3, -0.25) is 0 Å². The highest BCUT2D eigenvalue weighted by atomic mass is 19.1. The third kappa shape index (κ3) is 2.86. The fourth-order valence-electron chi connectivity index (χ4n) is 2.86. The molecule has 0 spiro atoms. The molecule has 2 rings (SSSR count). The van der Waals surface area contributed by atoms with Crippen molar-refractivity contribution >= 4 is 11.8 Å². The summed E-state index contributed by atoms with van der Waals surface area (Å²) in [6, 6.07) is 2.75. The molecule has 20 heavy (non-hydrogen) atoms. The predicted molar refractivity (Wildman–Crippen MR) is 74.3 cm³/mol. The number of anilines is 1. The summed E-state index contributed by atoms with van der Waals surface area (Å²) in [6.45, 7) is 2.07. The Labute approximate surface area is 118 Å². The predicted octanol–water partition coefficient (Wildman–Crippen LogP) is 3.77. The van der Waals surface area contributed by atoms with Crippen LogP contribution in [0.2, 0.25) is 0 Å². The Morgan fingerprint density at radius 1 is 1.30 bits per heavy atom. The average Bonchev–Trinajstić information content (AvgIpc) is 2.43. The van der Waals surface area contributed by atoms with Gasteiger partial charge in [0.05, 0.1) is 12.8 Å². The summed E-state index contributed by atoms with van der Waals surface area (Å²) in [5.41, 5.74) is 6.03. The largest absolute Gasteiger partial charge is 0.513 e. The van der Waals surface area contributed by atoms with Crippen LogP contribution in [0.25, 0.3) is 0 Å². The molecule has 5 heteroatoms. The lowest BCUT2D eigenvalue weighted by molar-refractivity contribution is 0.120. The molecular weight excluding hydrogens is 261 g/mol. The molecule has 0 atom stereocenters. The number of rotatable bonds is 2. The van der Waals surface area contributed by atoms with E-state index in [-0.39, 0.29) is 11.1 Å². The van der Waals surface area contributed by atoms with Crippen LogP contribution in [0.15, 0.2) is 12.1 Å². The zero-order chi connectivity index (χ0) is 14.8. The number of ether oxygens (including phenoxy) is 2. The van der Waals surface area contributed by atoms with E-state index in [9.17, 15) is 9.18 Å². The molecule has 0 aliphatic heterocycles. The minimum atomic E-state index is -0.823. The maximum absolute atomic E-state index is 13.8. The second-order valence-corrected chi connectivity index (χ2v) is 5.55. The molecular formula is C15H20FNO3. The van der Waals surface area contributed by atoms with Crippen LogP contribution < -0.4 is 10.5 Å². The van der Waals surface area contributed by atoms with Crippen LogP contribution in [-0.2, 0) is 10.2 Å². The van der Waals surface area contributed by atoms with Gasteiger partial charge in [0.15, 0.2) is 0 Å². The number of hydrogen-bond acceptors (Lipinski definition) is 4. The third-order valence-electron chi connectivity index (χ3n) is 4.07. The van der Waals surface area contributed by atoms with Gasteiger partial charge < -0.3 is 15.2 Å². The Morgan fingerprint density at radius 2 is 1.95 bits per heavy atom. The zero-order valence-electron chi connectivity index (χ0n) is 11.9. The van der Waals surface area contributed by atoms with Gasteiger partial charge in [-0.25, -0.2) is 9.18 Å². The quantitative estimate of drug-likeness (QED) is 0.509. The highest BCUT2D eigenvalue weighted by molar-refractivity contribution is 5.66. The number of hydrogen-bond donors (Lipinski definition) is 1. The van der Waals surface area contributed by atoms with E-state index in [0.717, 1.165) is 25.7 Å². The summed E-state index contributed by atoms with van der Waals surface area (Å²) in [5, 5.41) is 0. The standard InChI is InChI=1S/C15H20FNO3/c1-15(6-4-3-5-7-15)10-8-11(16)12(17)9-13(10)20-14(18)19-2/h8-9H,3-7,17H2,1-2H3. The van der Waals surface area contributed by atoms with E-state index >= 15 is 0 Å². The topological polar surface area (TPSA) is 61.5 Å². The lowest BCUT2D eigenvalue weighted by Gasteiger charge is -2.35. The van der Waals surface area contributed by atoms with Gasteiger partial charge in [0.2, 0.25) is 0 Å². The van der Waals surface area contributed by atoms with E-state index in [2.05, 4.69) is 11.7 Å². The van der Waals surface area contributed by atoms with Gasteiger partial charge >= 0.3 is 6.16 Å². The third-order valence-corrected chi connectivity index (χ3v) is 4.07. The van der Waals surface area contributed by atoms with Crippen molar-refractivity contribution in [2.75, 3.05) is 12.8 Å². The van der Waals surface area contributed by atoms with Crippen molar-refractivity contribution in [3.63, 3.8) is 0 Å². The molecule has 1 aliphatic rings. The first-order valence-electron chi connectivity index (χ1n) is 6.81. The van der Waals surface area contributed by atoms with Gasteiger partial charge in [0, 0.05) is 11.6 Å². The van der Waals surface area contributed by atoms with Crippen molar-refractivity contribution in [1.29, 1.82) is 0 Å². The zero-order valence-corrected chi connectivity index (χ0v) is 11.9. The molecule has 0 bridgehead atoms. The minimum Gasteiger partial charge on any atom is -0.437 e. The fraction of sp³-hybridized carbons (Fsp3) is 0.533. The van der Waals surface area contributed by atoms with Crippen LogP contribution in [-0.4, -0.2) is 13.3 Å². The number of halogens is 1. The van der Waals surface area contributed by atoms with E-state index in [1.54, 1.807) is 0 Å². The Kier molecular flexibility index (Phi) is 4.16. The highest BCUT2D eigenvalue weighted by Gasteiger charge is 2.33. The SMILES string of the molecule is COC(=O)Oc1cc(N)c(F)cc1C1(C)CCCCC1. The molecule has 2 N–H and O–H groups in total. The summed E-state index contributed by atoms with van der Waals surface area (Å²) in [5.74, 6) is -0.191. The lowest BCUT2D eigenvalue weighted by Crippen LogP contribution is -2.26. The first-order valence-corrected chi connectivity index (χ1v) is 6.81. The fourth-order valence-corrected chi connectivity index (χ4v) is 2.86. The van der Waals surface area contributed by atoms with Crippen LogP contribution in [0.5, 0.6) is 5.75 Å². The van der Waals surface area contributed by atoms with Gasteiger partial charge in [0.25, 0.3) is 0 Å². The van der Waals surface area contributed by atoms with Crippen molar-refractivity contribution in [2.45, 2.75) is 44.4 Å². The Hall–Kier alpha value is -1.78. The Morgan fingerprint density at radius 3 is 2.55 bits per heavy atom. The molecule has 0 heterocycles. The molecule has 1 fully saturated rings. The second-order valence-electron chi connectivity index (χ2n) is 5.55. The van der Waals surface area contributed by atoms with Crippen molar-refractivity contribution in [3.8, 4) is 5.75 Å². The van der Waals surface area contributed by atoms with Crippen LogP contribution in [0.4, 0.5) is 14.9 Å². The van der Waals surface area contributed by atoms with Gasteiger partial charge in [-0.2, -0.15) is 0 Å². The minimum absolute atomic E-state index is 0.0351. The molecule has 0 unspecified atom stereocenters. The molecule has 1 aliphatic carbocycles. The molecule has 1 aromatic rings. The number of benzene rings is 1. The Bertz CT molecular complexity index is 510. The number of carbonyl (C=O) groups is 1. The highest BCUT2D eigenvalue weighted by Crippen LogP contribution is 2.44. The molecule has 0 radical (unpaired) electrons. The molecule has 4 nitrogen and oxygen atoms in total. The first kappa shape index (κ1) is 14.6. The van der Waals surface area contributed by atoms with Gasteiger partial charge in [0.1, 0.15) is 11.6 Å². The Balaban J connectivity index is 2.43. The molecule has 1 aromatic carbocycles. The van der Waals surface area contributed by atoms with E-state index in [1.807, 2.05) is 0 Å². The molecule has 110 valence electrons. The van der Waals surface area contributed by atoms with Crippen LogP contribution in [0.3, 0.4) is 0 Å². The number of methoxy groups -OCH3 is 1. The summed E-state index contributed by atoms with van der Waals surface area (Å²) in [6.07, 6.45) is 4.40. The van der Waals surface area contributed by atoms with Crippen molar-refractivity contribution in [2.24, 2.45) is 0 Å². The van der Waals surface area contributed by atoms with Crippen molar-refractivity contribution < 1.29 is 18.7 Å². The molecule has 0 amide bonds.